The highest BCUT2D eigenvalue weighted by Crippen LogP contribution is 2.24. The number of nitrogens with zero attached hydrogens (tertiary/aromatic N) is 2. The van der Waals surface area contributed by atoms with E-state index in [2.05, 4.69) is 10.4 Å². The van der Waals surface area contributed by atoms with E-state index in [1.165, 1.54) is 0 Å². The summed E-state index contributed by atoms with van der Waals surface area (Å²) in [4.78, 5) is 12.8. The Bertz CT molecular complexity index is 870. The first-order valence-electron chi connectivity index (χ1n) is 8.73. The molecule has 0 fully saturated rings. The summed E-state index contributed by atoms with van der Waals surface area (Å²) < 4.78 is 6.90. The molecule has 1 amide bonds. The van der Waals surface area contributed by atoms with Crippen LogP contribution in [0.3, 0.4) is 0 Å². The van der Waals surface area contributed by atoms with Crippen molar-refractivity contribution in [1.82, 2.24) is 15.1 Å². The second-order valence-electron chi connectivity index (χ2n) is 6.17. The zero-order valence-electron chi connectivity index (χ0n) is 15.3. The van der Waals surface area contributed by atoms with Crippen LogP contribution in [0.2, 0.25) is 0 Å². The van der Waals surface area contributed by atoms with Gasteiger partial charge in [0.15, 0.2) is 0 Å². The van der Waals surface area contributed by atoms with E-state index in [-0.39, 0.29) is 11.9 Å². The molecule has 0 spiro atoms. The number of rotatable bonds is 6. The number of aromatic nitrogens is 2. The maximum atomic E-state index is 12.8. The predicted molar refractivity (Wildman–Crippen MR) is 103 cm³/mol. The Morgan fingerprint density at radius 3 is 2.46 bits per heavy atom. The molecule has 1 heterocycles. The highest BCUT2D eigenvalue weighted by Gasteiger charge is 2.18. The molecule has 3 rings (SSSR count). The topological polar surface area (TPSA) is 56.1 Å². The Morgan fingerprint density at radius 2 is 1.85 bits per heavy atom. The van der Waals surface area contributed by atoms with Crippen molar-refractivity contribution < 1.29 is 9.53 Å². The minimum atomic E-state index is -0.129. The van der Waals surface area contributed by atoms with Gasteiger partial charge in [0.2, 0.25) is 0 Å². The number of para-hydroxylation sites is 1. The van der Waals surface area contributed by atoms with Crippen LogP contribution in [0, 0.1) is 0 Å². The van der Waals surface area contributed by atoms with Crippen LogP contribution in [0.1, 0.15) is 30.8 Å². The van der Waals surface area contributed by atoms with Crippen LogP contribution in [-0.4, -0.2) is 28.8 Å². The van der Waals surface area contributed by atoms with Crippen LogP contribution in [-0.2, 0) is 0 Å². The van der Waals surface area contributed by atoms with Gasteiger partial charge in [-0.2, -0.15) is 5.10 Å². The maximum absolute atomic E-state index is 12.8. The molecule has 3 aromatic rings. The average Bonchev–Trinajstić information content (AvgIpc) is 3.14. The number of ether oxygens (including phenoxy) is 1. The van der Waals surface area contributed by atoms with E-state index in [1.807, 2.05) is 74.5 Å². The van der Waals surface area contributed by atoms with Crippen molar-refractivity contribution in [2.24, 2.45) is 0 Å². The third-order valence-corrected chi connectivity index (χ3v) is 4.32. The molecule has 5 nitrogen and oxygen atoms in total. The molecule has 1 unspecified atom stereocenters. The van der Waals surface area contributed by atoms with Crippen molar-refractivity contribution in [2.45, 2.75) is 26.3 Å². The van der Waals surface area contributed by atoms with Crippen LogP contribution in [0.15, 0.2) is 60.7 Å². The second kappa shape index (κ2) is 7.87. The molecule has 0 saturated carbocycles. The van der Waals surface area contributed by atoms with Crippen molar-refractivity contribution in [2.75, 3.05) is 7.11 Å². The van der Waals surface area contributed by atoms with Crippen LogP contribution < -0.4 is 10.1 Å². The lowest BCUT2D eigenvalue weighted by molar-refractivity contribution is 0.0931. The highest BCUT2D eigenvalue weighted by atomic mass is 16.5. The molecular formula is C21H23N3O2. The number of nitrogens with one attached hydrogen (secondary N) is 1. The van der Waals surface area contributed by atoms with Crippen molar-refractivity contribution in [3.63, 3.8) is 0 Å². The van der Waals surface area contributed by atoms with E-state index in [0.717, 1.165) is 29.1 Å². The fourth-order valence-electron chi connectivity index (χ4n) is 2.61. The van der Waals surface area contributed by atoms with Gasteiger partial charge in [0.25, 0.3) is 5.91 Å². The molecule has 0 radical (unpaired) electrons. The van der Waals surface area contributed by atoms with Gasteiger partial charge in [0.05, 0.1) is 18.5 Å². The number of amides is 1. The average molecular weight is 349 g/mol. The lowest BCUT2D eigenvalue weighted by Crippen LogP contribution is -2.33. The van der Waals surface area contributed by atoms with Gasteiger partial charge in [-0.25, -0.2) is 4.68 Å². The van der Waals surface area contributed by atoms with E-state index >= 15 is 0 Å². The van der Waals surface area contributed by atoms with Crippen molar-refractivity contribution >= 4 is 5.91 Å². The molecule has 1 aromatic heterocycles. The summed E-state index contributed by atoms with van der Waals surface area (Å²) in [5, 5.41) is 7.69. The monoisotopic (exact) mass is 349 g/mol. The Balaban J connectivity index is 2.03. The lowest BCUT2D eigenvalue weighted by atomic mass is 10.1. The van der Waals surface area contributed by atoms with Gasteiger partial charge in [-0.1, -0.05) is 25.1 Å². The summed E-state index contributed by atoms with van der Waals surface area (Å²) in [6.45, 7) is 4.04. The van der Waals surface area contributed by atoms with E-state index in [4.69, 9.17) is 4.74 Å². The van der Waals surface area contributed by atoms with E-state index in [9.17, 15) is 4.79 Å². The van der Waals surface area contributed by atoms with Gasteiger partial charge in [0.1, 0.15) is 11.4 Å². The smallest absolute Gasteiger partial charge is 0.270 e. The number of hydrogen-bond donors (Lipinski definition) is 1. The van der Waals surface area contributed by atoms with E-state index < -0.39 is 0 Å². The Hall–Kier alpha value is -3.08. The minimum absolute atomic E-state index is 0.103. The fraction of sp³-hybridized carbons (Fsp3) is 0.238. The summed E-state index contributed by atoms with van der Waals surface area (Å²) >= 11 is 0. The third kappa shape index (κ3) is 3.77. The van der Waals surface area contributed by atoms with E-state index in [0.29, 0.717) is 5.69 Å². The Morgan fingerprint density at radius 1 is 1.15 bits per heavy atom. The Kier molecular flexibility index (Phi) is 5.37. The predicted octanol–water partition coefficient (Wildman–Crippen LogP) is 4.08. The molecular weight excluding hydrogens is 326 g/mol. The normalized spacial score (nSPS) is 11.8. The number of benzene rings is 2. The van der Waals surface area contributed by atoms with Crippen molar-refractivity contribution in [3.05, 3.63) is 66.4 Å². The van der Waals surface area contributed by atoms with Gasteiger partial charge >= 0.3 is 0 Å². The number of carbonyl (C=O) groups excluding carboxylic acids is 1. The summed E-state index contributed by atoms with van der Waals surface area (Å²) in [5.74, 6) is 0.654. The van der Waals surface area contributed by atoms with Gasteiger partial charge in [-0.15, -0.1) is 0 Å². The molecule has 0 saturated heterocycles. The summed E-state index contributed by atoms with van der Waals surface area (Å²) in [5.41, 5.74) is 3.03. The second-order valence-corrected chi connectivity index (χ2v) is 6.17. The lowest BCUT2D eigenvalue weighted by Gasteiger charge is -2.12. The standard InChI is InChI=1S/C21H23N3O2/c1-4-15(2)22-21(25)20-14-19(16-10-12-18(26-3)13-11-16)23-24(20)17-8-6-5-7-9-17/h5-15H,4H2,1-3H3,(H,22,25). The number of methoxy groups -OCH3 is 1. The van der Waals surface area contributed by atoms with Crippen LogP contribution in [0.25, 0.3) is 16.9 Å². The van der Waals surface area contributed by atoms with Gasteiger partial charge in [0, 0.05) is 11.6 Å². The van der Waals surface area contributed by atoms with Crippen molar-refractivity contribution in [3.8, 4) is 22.7 Å². The zero-order valence-corrected chi connectivity index (χ0v) is 15.3. The highest BCUT2D eigenvalue weighted by molar-refractivity contribution is 5.94. The minimum Gasteiger partial charge on any atom is -0.497 e. The zero-order chi connectivity index (χ0) is 18.5. The first-order valence-corrected chi connectivity index (χ1v) is 8.73. The molecule has 0 aliphatic heterocycles. The largest absolute Gasteiger partial charge is 0.497 e. The SMILES string of the molecule is CCC(C)NC(=O)c1cc(-c2ccc(OC)cc2)nn1-c1ccccc1. The van der Waals surface area contributed by atoms with Crippen LogP contribution >= 0.6 is 0 Å². The van der Waals surface area contributed by atoms with Crippen LogP contribution in [0.4, 0.5) is 0 Å². The van der Waals surface area contributed by atoms with Crippen LogP contribution in [0.5, 0.6) is 5.75 Å². The molecule has 1 N–H and O–H groups in total. The molecule has 0 aliphatic rings. The van der Waals surface area contributed by atoms with E-state index in [1.54, 1.807) is 11.8 Å². The molecule has 2 aromatic carbocycles. The molecule has 0 aliphatic carbocycles. The van der Waals surface area contributed by atoms with Gasteiger partial charge in [-0.05, 0) is 55.8 Å². The maximum Gasteiger partial charge on any atom is 0.270 e. The first kappa shape index (κ1) is 17.7. The summed E-state index contributed by atoms with van der Waals surface area (Å²) in [6, 6.07) is 19.2. The summed E-state index contributed by atoms with van der Waals surface area (Å²) in [6.07, 6.45) is 0.872. The fourth-order valence-corrected chi connectivity index (χ4v) is 2.61. The number of carbonyl (C=O) groups is 1. The summed E-state index contributed by atoms with van der Waals surface area (Å²) in [7, 11) is 1.64. The number of hydrogen-bond acceptors (Lipinski definition) is 3. The molecule has 5 heteroatoms. The third-order valence-electron chi connectivity index (χ3n) is 4.32. The quantitative estimate of drug-likeness (QED) is 0.730. The molecule has 134 valence electrons. The van der Waals surface area contributed by atoms with Gasteiger partial charge < -0.3 is 10.1 Å². The van der Waals surface area contributed by atoms with Crippen molar-refractivity contribution in [1.29, 1.82) is 0 Å². The first-order chi connectivity index (χ1) is 12.6. The molecule has 26 heavy (non-hydrogen) atoms. The van der Waals surface area contributed by atoms with Gasteiger partial charge in [-0.3, -0.25) is 4.79 Å². The Labute approximate surface area is 153 Å². The molecule has 0 bridgehead atoms. The molecule has 1 atom stereocenters.